The van der Waals surface area contributed by atoms with Crippen molar-refractivity contribution in [3.05, 3.63) is 35.4 Å². The van der Waals surface area contributed by atoms with E-state index in [2.05, 4.69) is 27.8 Å². The van der Waals surface area contributed by atoms with Crippen molar-refractivity contribution in [2.24, 2.45) is 0 Å². The molecule has 0 aromatic heterocycles. The molecule has 0 unspecified atom stereocenters. The highest BCUT2D eigenvalue weighted by Gasteiger charge is 1.91. The van der Waals surface area contributed by atoms with Crippen LogP contribution in [-0.4, -0.2) is 17.0 Å². The number of hydrogen-bond donors (Lipinski definition) is 1. The largest absolute Gasteiger partial charge is 0.396 e. The molecule has 0 amide bonds. The topological polar surface area (TPSA) is 20.2 Å². The number of rotatable bonds is 2. The van der Waals surface area contributed by atoms with E-state index in [-0.39, 0.29) is 6.61 Å². The molecule has 2 heteroatoms. The van der Waals surface area contributed by atoms with Gasteiger partial charge in [0.05, 0.1) is 5.33 Å². The van der Waals surface area contributed by atoms with Gasteiger partial charge in [0.2, 0.25) is 0 Å². The van der Waals surface area contributed by atoms with Crippen molar-refractivity contribution in [1.29, 1.82) is 0 Å². The summed E-state index contributed by atoms with van der Waals surface area (Å²) in [6.45, 7) is 0.190. The molecule has 0 heterocycles. The fourth-order valence-electron chi connectivity index (χ4n) is 1.07. The predicted octanol–water partition coefficient (Wildman–Crippen LogP) is 1.97. The van der Waals surface area contributed by atoms with E-state index in [1.807, 2.05) is 24.3 Å². The number of benzene rings is 1. The fraction of sp³-hybridized carbons (Fsp3) is 0.273. The van der Waals surface area contributed by atoms with Gasteiger partial charge in [-0.3, -0.25) is 0 Å². The average molecular weight is 239 g/mol. The van der Waals surface area contributed by atoms with E-state index in [1.165, 1.54) is 0 Å². The first-order valence-corrected chi connectivity index (χ1v) is 5.23. The molecular weight excluding hydrogens is 228 g/mol. The maximum atomic E-state index is 8.74. The number of halogens is 1. The minimum atomic E-state index is 0.190. The van der Waals surface area contributed by atoms with E-state index in [0.717, 1.165) is 11.1 Å². The third kappa shape index (κ3) is 3.63. The first kappa shape index (κ1) is 10.3. The van der Waals surface area contributed by atoms with Crippen molar-refractivity contribution in [2.75, 3.05) is 11.9 Å². The molecule has 13 heavy (non-hydrogen) atoms. The highest BCUT2D eigenvalue weighted by Crippen LogP contribution is 2.04. The molecular formula is C11H11BrO. The summed E-state index contributed by atoms with van der Waals surface area (Å²) in [5, 5.41) is 9.43. The normalized spacial score (nSPS) is 9.08. The molecule has 0 atom stereocenters. The molecule has 0 fully saturated rings. The van der Waals surface area contributed by atoms with Crippen LogP contribution in [0.15, 0.2) is 24.3 Å². The lowest BCUT2D eigenvalue weighted by Gasteiger charge is -1.97. The Bertz CT molecular complexity index is 322. The minimum absolute atomic E-state index is 0.190. The van der Waals surface area contributed by atoms with Gasteiger partial charge < -0.3 is 5.11 Å². The number of aliphatic hydroxyl groups is 1. The van der Waals surface area contributed by atoms with E-state index in [0.29, 0.717) is 11.8 Å². The molecule has 1 aromatic carbocycles. The maximum absolute atomic E-state index is 8.74. The van der Waals surface area contributed by atoms with E-state index in [9.17, 15) is 0 Å². The molecule has 0 spiro atoms. The van der Waals surface area contributed by atoms with Gasteiger partial charge in [-0.2, -0.15) is 0 Å². The van der Waals surface area contributed by atoms with E-state index in [4.69, 9.17) is 5.11 Å². The lowest BCUT2D eigenvalue weighted by molar-refractivity contribution is 0.299. The second kappa shape index (κ2) is 5.80. The summed E-state index contributed by atoms with van der Waals surface area (Å²) in [4.78, 5) is 0. The molecule has 0 saturated heterocycles. The summed E-state index contributed by atoms with van der Waals surface area (Å²) in [6.07, 6.45) is 0.698. The van der Waals surface area contributed by atoms with Gasteiger partial charge in [-0.1, -0.05) is 39.9 Å². The lowest BCUT2D eigenvalue weighted by atomic mass is 10.1. The molecule has 0 saturated carbocycles. The molecule has 0 radical (unpaired) electrons. The summed E-state index contributed by atoms with van der Waals surface area (Å²) < 4.78 is 0. The van der Waals surface area contributed by atoms with Crippen LogP contribution in [0, 0.1) is 11.8 Å². The Balaban J connectivity index is 2.79. The molecule has 1 aromatic rings. The zero-order chi connectivity index (χ0) is 9.52. The summed E-state index contributed by atoms with van der Waals surface area (Å²) in [5.41, 5.74) is 2.13. The standard InChI is InChI=1S/C11H11BrO/c12-7-2-5-10-3-1-4-11(9-10)6-8-13/h1,3-4,9,13H,6-8H2. The summed E-state index contributed by atoms with van der Waals surface area (Å²) >= 11 is 3.24. The Hall–Kier alpha value is -0.780. The van der Waals surface area contributed by atoms with Gasteiger partial charge in [-0.25, -0.2) is 0 Å². The Morgan fingerprint density at radius 2 is 2.23 bits per heavy atom. The van der Waals surface area contributed by atoms with Crippen LogP contribution in [0.2, 0.25) is 0 Å². The van der Waals surface area contributed by atoms with Crippen LogP contribution in [0.3, 0.4) is 0 Å². The predicted molar refractivity (Wildman–Crippen MR) is 57.9 cm³/mol. The van der Waals surface area contributed by atoms with Gasteiger partial charge in [0.25, 0.3) is 0 Å². The van der Waals surface area contributed by atoms with Gasteiger partial charge in [-0.05, 0) is 24.1 Å². The van der Waals surface area contributed by atoms with Crippen molar-refractivity contribution in [1.82, 2.24) is 0 Å². The van der Waals surface area contributed by atoms with Crippen molar-refractivity contribution < 1.29 is 5.11 Å². The van der Waals surface area contributed by atoms with Crippen LogP contribution in [0.5, 0.6) is 0 Å². The molecule has 0 bridgehead atoms. The Kier molecular flexibility index (Phi) is 4.59. The lowest BCUT2D eigenvalue weighted by Crippen LogP contribution is -1.90. The first-order chi connectivity index (χ1) is 6.36. The highest BCUT2D eigenvalue weighted by atomic mass is 79.9. The van der Waals surface area contributed by atoms with Gasteiger partial charge in [-0.15, -0.1) is 0 Å². The molecule has 1 N–H and O–H groups in total. The third-order valence-electron chi connectivity index (χ3n) is 1.63. The first-order valence-electron chi connectivity index (χ1n) is 4.11. The van der Waals surface area contributed by atoms with E-state index >= 15 is 0 Å². The van der Waals surface area contributed by atoms with Gasteiger partial charge in [0.15, 0.2) is 0 Å². The SMILES string of the molecule is OCCc1cccc(C#CCBr)c1. The molecule has 1 nitrogen and oxygen atoms in total. The molecule has 0 aliphatic rings. The average Bonchev–Trinajstić information content (AvgIpc) is 2.16. The molecule has 1 rings (SSSR count). The quantitative estimate of drug-likeness (QED) is 0.618. The second-order valence-electron chi connectivity index (χ2n) is 2.61. The van der Waals surface area contributed by atoms with Crippen molar-refractivity contribution >= 4 is 15.9 Å². The van der Waals surface area contributed by atoms with Gasteiger partial charge in [0, 0.05) is 12.2 Å². The smallest absolute Gasteiger partial charge is 0.0649 e. The van der Waals surface area contributed by atoms with Crippen LogP contribution in [0.1, 0.15) is 11.1 Å². The monoisotopic (exact) mass is 238 g/mol. The highest BCUT2D eigenvalue weighted by molar-refractivity contribution is 9.09. The van der Waals surface area contributed by atoms with Crippen LogP contribution in [-0.2, 0) is 6.42 Å². The summed E-state index contributed by atoms with van der Waals surface area (Å²) in [5.74, 6) is 5.95. The maximum Gasteiger partial charge on any atom is 0.0649 e. The van der Waals surface area contributed by atoms with Crippen LogP contribution in [0.25, 0.3) is 0 Å². The van der Waals surface area contributed by atoms with E-state index < -0.39 is 0 Å². The minimum Gasteiger partial charge on any atom is -0.396 e. The van der Waals surface area contributed by atoms with Crippen molar-refractivity contribution in [3.63, 3.8) is 0 Å². The summed E-state index contributed by atoms with van der Waals surface area (Å²) in [6, 6.07) is 7.93. The zero-order valence-electron chi connectivity index (χ0n) is 7.26. The Morgan fingerprint density at radius 3 is 2.92 bits per heavy atom. The second-order valence-corrected chi connectivity index (χ2v) is 3.17. The molecule has 0 aliphatic heterocycles. The Labute approximate surface area is 86.9 Å². The molecule has 68 valence electrons. The van der Waals surface area contributed by atoms with Gasteiger partial charge >= 0.3 is 0 Å². The van der Waals surface area contributed by atoms with Crippen LogP contribution >= 0.6 is 15.9 Å². The zero-order valence-corrected chi connectivity index (χ0v) is 8.84. The number of aliphatic hydroxyl groups excluding tert-OH is 1. The van der Waals surface area contributed by atoms with E-state index in [1.54, 1.807) is 0 Å². The van der Waals surface area contributed by atoms with Gasteiger partial charge in [0.1, 0.15) is 0 Å². The number of alkyl halides is 1. The fourth-order valence-corrected chi connectivity index (χ4v) is 1.21. The summed E-state index contributed by atoms with van der Waals surface area (Å²) in [7, 11) is 0. The number of hydrogen-bond acceptors (Lipinski definition) is 1. The van der Waals surface area contributed by atoms with Crippen molar-refractivity contribution in [2.45, 2.75) is 6.42 Å². The third-order valence-corrected chi connectivity index (χ3v) is 1.91. The van der Waals surface area contributed by atoms with Crippen LogP contribution in [0.4, 0.5) is 0 Å². The van der Waals surface area contributed by atoms with Crippen molar-refractivity contribution in [3.8, 4) is 11.8 Å². The Morgan fingerprint density at radius 1 is 1.38 bits per heavy atom. The van der Waals surface area contributed by atoms with Crippen LogP contribution < -0.4 is 0 Å². The molecule has 0 aliphatic carbocycles.